The molecule has 0 unspecified atom stereocenters. The van der Waals surface area contributed by atoms with Gasteiger partial charge in [-0.2, -0.15) is 0 Å². The van der Waals surface area contributed by atoms with Gasteiger partial charge >= 0.3 is 6.03 Å². The number of urea groups is 1. The number of piperidine rings is 1. The van der Waals surface area contributed by atoms with Crippen molar-refractivity contribution in [1.82, 2.24) is 9.80 Å². The van der Waals surface area contributed by atoms with Crippen molar-refractivity contribution in [2.24, 2.45) is 5.92 Å². The second-order valence-corrected chi connectivity index (χ2v) is 6.93. The average molecular weight is 329 g/mol. The number of benzene rings is 1. The number of nitrogens with one attached hydrogen (secondary N) is 1. The molecular formula is C18H23N3O3. The topological polar surface area (TPSA) is 69.7 Å². The predicted molar refractivity (Wildman–Crippen MR) is 91.1 cm³/mol. The number of carbonyl (C=O) groups is 3. The number of anilines is 1. The minimum atomic E-state index is -0.298. The van der Waals surface area contributed by atoms with Crippen LogP contribution < -0.4 is 5.32 Å². The van der Waals surface area contributed by atoms with Gasteiger partial charge in [0.05, 0.1) is 11.1 Å². The molecule has 2 aliphatic rings. The SMILES string of the molecule is CC1CCN(C(=O)Nc2ccc3c(c2)C(=O)N(C(C)C)C3=O)CC1. The fourth-order valence-corrected chi connectivity index (χ4v) is 3.22. The van der Waals surface area contributed by atoms with Crippen LogP contribution in [0.4, 0.5) is 10.5 Å². The van der Waals surface area contributed by atoms with Crippen LogP contribution in [0.3, 0.4) is 0 Å². The number of carbonyl (C=O) groups excluding carboxylic acids is 3. The van der Waals surface area contributed by atoms with E-state index in [0.717, 1.165) is 25.9 Å². The monoisotopic (exact) mass is 329 g/mol. The molecule has 4 amide bonds. The maximum atomic E-state index is 12.4. The van der Waals surface area contributed by atoms with Crippen molar-refractivity contribution in [3.63, 3.8) is 0 Å². The second-order valence-electron chi connectivity index (χ2n) is 6.93. The number of fused-ring (bicyclic) bond motifs is 1. The minimum absolute atomic E-state index is 0.153. The van der Waals surface area contributed by atoms with Crippen LogP contribution in [-0.2, 0) is 0 Å². The molecule has 1 aromatic carbocycles. The Hall–Kier alpha value is -2.37. The predicted octanol–water partition coefficient (Wildman–Crippen LogP) is 2.95. The van der Waals surface area contributed by atoms with E-state index in [4.69, 9.17) is 0 Å². The van der Waals surface area contributed by atoms with Crippen LogP contribution in [0.1, 0.15) is 54.3 Å². The maximum Gasteiger partial charge on any atom is 0.321 e. The molecule has 0 spiro atoms. The molecular weight excluding hydrogens is 306 g/mol. The van der Waals surface area contributed by atoms with Gasteiger partial charge in [0.25, 0.3) is 11.8 Å². The molecule has 6 nitrogen and oxygen atoms in total. The van der Waals surface area contributed by atoms with E-state index in [1.165, 1.54) is 4.90 Å². The van der Waals surface area contributed by atoms with Crippen LogP contribution in [0.25, 0.3) is 0 Å². The Labute approximate surface area is 141 Å². The van der Waals surface area contributed by atoms with E-state index < -0.39 is 0 Å². The van der Waals surface area contributed by atoms with Crippen LogP contribution in [0, 0.1) is 5.92 Å². The summed E-state index contributed by atoms with van der Waals surface area (Å²) in [6.45, 7) is 7.30. The molecule has 1 fully saturated rings. The number of nitrogens with zero attached hydrogens (tertiary/aromatic N) is 2. The fourth-order valence-electron chi connectivity index (χ4n) is 3.22. The average Bonchev–Trinajstić information content (AvgIpc) is 2.79. The van der Waals surface area contributed by atoms with Crippen LogP contribution in [-0.4, -0.2) is 46.8 Å². The summed E-state index contributed by atoms with van der Waals surface area (Å²) in [4.78, 5) is 40.1. The van der Waals surface area contributed by atoms with Gasteiger partial charge in [0.15, 0.2) is 0 Å². The second kappa shape index (κ2) is 6.26. The Bertz CT molecular complexity index is 691. The molecule has 0 aromatic heterocycles. The van der Waals surface area contributed by atoms with Gasteiger partial charge in [-0.25, -0.2) is 4.79 Å². The van der Waals surface area contributed by atoms with Crippen molar-refractivity contribution >= 4 is 23.5 Å². The summed E-state index contributed by atoms with van der Waals surface area (Å²) in [7, 11) is 0. The smallest absolute Gasteiger partial charge is 0.321 e. The molecule has 6 heteroatoms. The lowest BCUT2D eigenvalue weighted by Gasteiger charge is -2.30. The van der Waals surface area contributed by atoms with Crippen molar-refractivity contribution in [3.8, 4) is 0 Å². The quantitative estimate of drug-likeness (QED) is 0.848. The van der Waals surface area contributed by atoms with E-state index >= 15 is 0 Å². The Morgan fingerprint density at radius 3 is 2.38 bits per heavy atom. The van der Waals surface area contributed by atoms with E-state index in [9.17, 15) is 14.4 Å². The highest BCUT2D eigenvalue weighted by Crippen LogP contribution is 2.27. The van der Waals surface area contributed by atoms with E-state index in [1.807, 2.05) is 13.8 Å². The summed E-state index contributed by atoms with van der Waals surface area (Å²) >= 11 is 0. The zero-order valence-electron chi connectivity index (χ0n) is 14.3. The van der Waals surface area contributed by atoms with Crippen LogP contribution in [0.15, 0.2) is 18.2 Å². The van der Waals surface area contributed by atoms with Gasteiger partial charge < -0.3 is 10.2 Å². The van der Waals surface area contributed by atoms with Gasteiger partial charge in [0.2, 0.25) is 0 Å². The molecule has 1 saturated heterocycles. The van der Waals surface area contributed by atoms with Gasteiger partial charge in [-0.05, 0) is 50.8 Å². The van der Waals surface area contributed by atoms with Crippen molar-refractivity contribution < 1.29 is 14.4 Å². The fraction of sp³-hybridized carbons (Fsp3) is 0.500. The third kappa shape index (κ3) is 2.88. The number of likely N-dealkylation sites (tertiary alicyclic amines) is 1. The number of hydrogen-bond donors (Lipinski definition) is 1. The number of imide groups is 1. The normalized spacial score (nSPS) is 18.3. The zero-order valence-corrected chi connectivity index (χ0v) is 14.3. The first kappa shape index (κ1) is 16.5. The first-order chi connectivity index (χ1) is 11.4. The third-order valence-electron chi connectivity index (χ3n) is 4.76. The van der Waals surface area contributed by atoms with E-state index in [2.05, 4.69) is 12.2 Å². The Morgan fingerprint density at radius 2 is 1.75 bits per heavy atom. The summed E-state index contributed by atoms with van der Waals surface area (Å²) in [6.07, 6.45) is 2.02. The van der Waals surface area contributed by atoms with Crippen LogP contribution >= 0.6 is 0 Å². The lowest BCUT2D eigenvalue weighted by atomic mass is 10.00. The highest BCUT2D eigenvalue weighted by atomic mass is 16.2. The number of rotatable bonds is 2. The van der Waals surface area contributed by atoms with Gasteiger partial charge in [-0.3, -0.25) is 14.5 Å². The molecule has 24 heavy (non-hydrogen) atoms. The highest BCUT2D eigenvalue weighted by molar-refractivity contribution is 6.22. The first-order valence-electron chi connectivity index (χ1n) is 8.46. The lowest BCUT2D eigenvalue weighted by Crippen LogP contribution is -2.40. The van der Waals surface area contributed by atoms with E-state index in [-0.39, 0.29) is 23.9 Å². The summed E-state index contributed by atoms with van der Waals surface area (Å²) in [5.41, 5.74) is 1.31. The number of hydrogen-bond acceptors (Lipinski definition) is 3. The molecule has 0 atom stereocenters. The van der Waals surface area contributed by atoms with Crippen molar-refractivity contribution in [3.05, 3.63) is 29.3 Å². The van der Waals surface area contributed by atoms with E-state index in [1.54, 1.807) is 23.1 Å². The summed E-state index contributed by atoms with van der Waals surface area (Å²) in [6, 6.07) is 4.55. The molecule has 2 aliphatic heterocycles. The summed E-state index contributed by atoms with van der Waals surface area (Å²) in [5.74, 6) is 0.0838. The van der Waals surface area contributed by atoms with Gasteiger partial charge in [0.1, 0.15) is 0 Å². The summed E-state index contributed by atoms with van der Waals surface area (Å²) < 4.78 is 0. The highest BCUT2D eigenvalue weighted by Gasteiger charge is 2.37. The standard InChI is InChI=1S/C18H23N3O3/c1-11(2)21-16(22)14-5-4-13(10-15(14)17(21)23)19-18(24)20-8-6-12(3)7-9-20/h4-5,10-12H,6-9H2,1-3H3,(H,19,24). The zero-order chi connectivity index (χ0) is 17.4. The maximum absolute atomic E-state index is 12.4. The van der Waals surface area contributed by atoms with Crippen LogP contribution in [0.2, 0.25) is 0 Å². The Morgan fingerprint density at radius 1 is 1.12 bits per heavy atom. The Balaban J connectivity index is 1.75. The molecule has 0 radical (unpaired) electrons. The lowest BCUT2D eigenvalue weighted by molar-refractivity contribution is 0.0609. The van der Waals surface area contributed by atoms with Gasteiger partial charge in [-0.1, -0.05) is 6.92 Å². The molecule has 1 N–H and O–H groups in total. The molecule has 128 valence electrons. The van der Waals surface area contributed by atoms with Crippen molar-refractivity contribution in [2.45, 2.75) is 39.7 Å². The first-order valence-corrected chi connectivity index (χ1v) is 8.46. The molecule has 0 aliphatic carbocycles. The van der Waals surface area contributed by atoms with Crippen LogP contribution in [0.5, 0.6) is 0 Å². The molecule has 0 saturated carbocycles. The van der Waals surface area contributed by atoms with Crippen molar-refractivity contribution in [2.75, 3.05) is 18.4 Å². The van der Waals surface area contributed by atoms with Gasteiger partial charge in [0, 0.05) is 24.8 Å². The van der Waals surface area contributed by atoms with E-state index in [0.29, 0.717) is 22.7 Å². The molecule has 2 heterocycles. The largest absolute Gasteiger partial charge is 0.325 e. The molecule has 1 aromatic rings. The van der Waals surface area contributed by atoms with Gasteiger partial charge in [-0.15, -0.1) is 0 Å². The molecule has 3 rings (SSSR count). The third-order valence-corrected chi connectivity index (χ3v) is 4.76. The Kier molecular flexibility index (Phi) is 4.30. The minimum Gasteiger partial charge on any atom is -0.325 e. The number of amides is 4. The summed E-state index contributed by atoms with van der Waals surface area (Å²) in [5, 5.41) is 2.84. The molecule has 0 bridgehead atoms. The van der Waals surface area contributed by atoms with Crippen molar-refractivity contribution in [1.29, 1.82) is 0 Å².